The highest BCUT2D eigenvalue weighted by molar-refractivity contribution is 9.10. The van der Waals surface area contributed by atoms with Crippen molar-refractivity contribution in [1.29, 1.82) is 0 Å². The number of ether oxygens (including phenoxy) is 1. The number of carbonyl (C=O) groups is 2. The number of benzene rings is 2. The minimum absolute atomic E-state index is 0.340. The average molecular weight is 457 g/mol. The largest absolute Gasteiger partial charge is 0.492 e. The zero-order chi connectivity index (χ0) is 19.7. The maximum atomic E-state index is 11.9. The number of amides is 2. The standard InChI is InChI=1S/C21H17BrN2O3S/c1-13-2-5-16(6-3-13)27-9-8-24-12-14(10-19-20(25)23-21(26)28-19)17-11-15(22)4-7-18(17)24/h2-7,10-12H,8-9H2,1H3,(H,23,25,26)/b19-10-. The second-order valence-corrected chi connectivity index (χ2v) is 8.38. The number of aromatic nitrogens is 1. The highest BCUT2D eigenvalue weighted by Crippen LogP contribution is 2.31. The molecule has 0 spiro atoms. The molecule has 0 saturated carbocycles. The number of hydrogen-bond donors (Lipinski definition) is 1. The number of nitrogens with zero attached hydrogens (tertiary/aromatic N) is 1. The Bertz CT molecular complexity index is 1100. The lowest BCUT2D eigenvalue weighted by Crippen LogP contribution is -2.17. The first kappa shape index (κ1) is 18.8. The van der Waals surface area contributed by atoms with Crippen LogP contribution < -0.4 is 10.1 Å². The summed E-state index contributed by atoms with van der Waals surface area (Å²) in [5, 5.41) is 2.95. The summed E-state index contributed by atoms with van der Waals surface area (Å²) in [5.74, 6) is 0.485. The van der Waals surface area contributed by atoms with Crippen LogP contribution in [0.15, 0.2) is 58.0 Å². The van der Waals surface area contributed by atoms with Crippen molar-refractivity contribution in [3.8, 4) is 5.75 Å². The van der Waals surface area contributed by atoms with Crippen molar-refractivity contribution in [3.05, 3.63) is 69.2 Å². The normalized spacial score (nSPS) is 15.4. The van der Waals surface area contributed by atoms with Gasteiger partial charge in [0.1, 0.15) is 12.4 Å². The molecule has 1 fully saturated rings. The van der Waals surface area contributed by atoms with E-state index in [1.54, 1.807) is 6.08 Å². The van der Waals surface area contributed by atoms with E-state index in [0.717, 1.165) is 38.5 Å². The number of thioether (sulfide) groups is 1. The van der Waals surface area contributed by atoms with E-state index >= 15 is 0 Å². The first-order chi connectivity index (χ1) is 13.5. The van der Waals surface area contributed by atoms with Gasteiger partial charge < -0.3 is 9.30 Å². The molecule has 142 valence electrons. The lowest BCUT2D eigenvalue weighted by molar-refractivity contribution is -0.115. The zero-order valence-electron chi connectivity index (χ0n) is 15.1. The number of fused-ring (bicyclic) bond motifs is 1. The molecule has 3 aromatic rings. The highest BCUT2D eigenvalue weighted by Gasteiger charge is 2.25. The van der Waals surface area contributed by atoms with Crippen LogP contribution in [0, 0.1) is 6.92 Å². The molecule has 2 heterocycles. The molecule has 28 heavy (non-hydrogen) atoms. The van der Waals surface area contributed by atoms with E-state index in [2.05, 4.69) is 25.8 Å². The summed E-state index contributed by atoms with van der Waals surface area (Å²) in [7, 11) is 0. The molecule has 7 heteroatoms. The third-order valence-corrected chi connectivity index (χ3v) is 5.73. The molecule has 0 unspecified atom stereocenters. The van der Waals surface area contributed by atoms with E-state index in [4.69, 9.17) is 4.74 Å². The third kappa shape index (κ3) is 4.00. The summed E-state index contributed by atoms with van der Waals surface area (Å²) < 4.78 is 8.90. The number of halogens is 1. The Labute approximate surface area is 174 Å². The number of aryl methyl sites for hydroxylation is 1. The van der Waals surface area contributed by atoms with Crippen LogP contribution in [-0.4, -0.2) is 22.3 Å². The van der Waals surface area contributed by atoms with Crippen molar-refractivity contribution >= 4 is 55.8 Å². The molecule has 1 saturated heterocycles. The first-order valence-electron chi connectivity index (χ1n) is 8.72. The molecule has 2 aromatic carbocycles. The van der Waals surface area contributed by atoms with Gasteiger partial charge in [0.25, 0.3) is 11.1 Å². The summed E-state index contributed by atoms with van der Waals surface area (Å²) >= 11 is 4.43. The SMILES string of the molecule is Cc1ccc(OCCn2cc(/C=C3\SC(=O)NC3=O)c3cc(Br)ccc32)cc1. The molecule has 0 bridgehead atoms. The minimum atomic E-state index is -0.353. The third-order valence-electron chi connectivity index (χ3n) is 4.42. The van der Waals surface area contributed by atoms with Gasteiger partial charge in [-0.3, -0.25) is 14.9 Å². The van der Waals surface area contributed by atoms with E-state index in [9.17, 15) is 9.59 Å². The van der Waals surface area contributed by atoms with Gasteiger partial charge in [-0.25, -0.2) is 0 Å². The first-order valence-corrected chi connectivity index (χ1v) is 10.3. The monoisotopic (exact) mass is 456 g/mol. The predicted octanol–water partition coefficient (Wildman–Crippen LogP) is 5.12. The minimum Gasteiger partial charge on any atom is -0.492 e. The van der Waals surface area contributed by atoms with Crippen molar-refractivity contribution in [2.45, 2.75) is 13.5 Å². The molecule has 0 radical (unpaired) electrons. The Morgan fingerprint density at radius 3 is 2.68 bits per heavy atom. The van der Waals surface area contributed by atoms with E-state index in [-0.39, 0.29) is 11.1 Å². The number of hydrogen-bond acceptors (Lipinski definition) is 4. The van der Waals surface area contributed by atoms with Gasteiger partial charge in [0, 0.05) is 27.1 Å². The molecule has 5 nitrogen and oxygen atoms in total. The molecule has 0 atom stereocenters. The van der Waals surface area contributed by atoms with Crippen LogP contribution in [0.25, 0.3) is 17.0 Å². The van der Waals surface area contributed by atoms with Gasteiger partial charge in [0.15, 0.2) is 0 Å². The van der Waals surface area contributed by atoms with Crippen LogP contribution in [0.3, 0.4) is 0 Å². The average Bonchev–Trinajstić information content (AvgIpc) is 3.16. The van der Waals surface area contributed by atoms with Gasteiger partial charge in [0.2, 0.25) is 0 Å². The Balaban J connectivity index is 1.60. The van der Waals surface area contributed by atoms with Crippen molar-refractivity contribution in [2.24, 2.45) is 0 Å². The van der Waals surface area contributed by atoms with Crippen LogP contribution in [0.1, 0.15) is 11.1 Å². The summed E-state index contributed by atoms with van der Waals surface area (Å²) in [6, 6.07) is 14.0. The Morgan fingerprint density at radius 1 is 1.18 bits per heavy atom. The van der Waals surface area contributed by atoms with Gasteiger partial charge in [0.05, 0.1) is 11.4 Å². The fourth-order valence-corrected chi connectivity index (χ4v) is 4.09. The fourth-order valence-electron chi connectivity index (χ4n) is 3.06. The van der Waals surface area contributed by atoms with E-state index in [1.165, 1.54) is 5.56 Å². The Kier molecular flexibility index (Phi) is 5.28. The molecule has 1 N–H and O–H groups in total. The summed E-state index contributed by atoms with van der Waals surface area (Å²) in [4.78, 5) is 23.7. The van der Waals surface area contributed by atoms with E-state index in [0.29, 0.717) is 18.1 Å². The maximum absolute atomic E-state index is 11.9. The second kappa shape index (κ2) is 7.85. The van der Waals surface area contributed by atoms with Crippen molar-refractivity contribution in [3.63, 3.8) is 0 Å². The molecule has 1 aliphatic heterocycles. The summed E-state index contributed by atoms with van der Waals surface area (Å²) in [6.07, 6.45) is 3.75. The van der Waals surface area contributed by atoms with Crippen molar-refractivity contribution < 1.29 is 14.3 Å². The van der Waals surface area contributed by atoms with Gasteiger partial charge >= 0.3 is 0 Å². The molecular formula is C21H17BrN2O3S. The van der Waals surface area contributed by atoms with Crippen molar-refractivity contribution in [2.75, 3.05) is 6.61 Å². The van der Waals surface area contributed by atoms with Gasteiger partial charge in [-0.15, -0.1) is 0 Å². The maximum Gasteiger partial charge on any atom is 0.290 e. The molecule has 4 rings (SSSR count). The van der Waals surface area contributed by atoms with Crippen LogP contribution in [0.4, 0.5) is 4.79 Å². The lowest BCUT2D eigenvalue weighted by atomic mass is 10.1. The Morgan fingerprint density at radius 2 is 1.96 bits per heavy atom. The summed E-state index contributed by atoms with van der Waals surface area (Å²) in [5.41, 5.74) is 3.12. The van der Waals surface area contributed by atoms with Gasteiger partial charge in [-0.1, -0.05) is 33.6 Å². The second-order valence-electron chi connectivity index (χ2n) is 6.45. The number of rotatable bonds is 5. The van der Waals surface area contributed by atoms with Crippen LogP contribution in [0.5, 0.6) is 5.75 Å². The van der Waals surface area contributed by atoms with Gasteiger partial charge in [-0.2, -0.15) is 0 Å². The zero-order valence-corrected chi connectivity index (χ0v) is 17.5. The lowest BCUT2D eigenvalue weighted by Gasteiger charge is -2.08. The molecule has 0 aliphatic carbocycles. The van der Waals surface area contributed by atoms with Gasteiger partial charge in [-0.05, 0) is 55.1 Å². The summed E-state index contributed by atoms with van der Waals surface area (Å²) in [6.45, 7) is 3.22. The quantitative estimate of drug-likeness (QED) is 0.541. The van der Waals surface area contributed by atoms with E-state index in [1.807, 2.05) is 55.6 Å². The molecule has 2 amide bonds. The smallest absolute Gasteiger partial charge is 0.290 e. The molecular weight excluding hydrogens is 440 g/mol. The molecule has 1 aliphatic rings. The highest BCUT2D eigenvalue weighted by atomic mass is 79.9. The van der Waals surface area contributed by atoms with E-state index < -0.39 is 0 Å². The molecule has 1 aromatic heterocycles. The topological polar surface area (TPSA) is 60.3 Å². The van der Waals surface area contributed by atoms with Crippen LogP contribution >= 0.6 is 27.7 Å². The Hall–Kier alpha value is -2.51. The number of carbonyl (C=O) groups excluding carboxylic acids is 2. The van der Waals surface area contributed by atoms with Crippen LogP contribution in [0.2, 0.25) is 0 Å². The predicted molar refractivity (Wildman–Crippen MR) is 115 cm³/mol. The number of nitrogens with one attached hydrogen (secondary N) is 1. The van der Waals surface area contributed by atoms with Crippen LogP contribution in [-0.2, 0) is 11.3 Å². The van der Waals surface area contributed by atoms with Crippen molar-refractivity contribution in [1.82, 2.24) is 9.88 Å². The fraction of sp³-hybridized carbons (Fsp3) is 0.143. The number of imide groups is 1.